The van der Waals surface area contributed by atoms with E-state index in [4.69, 9.17) is 5.73 Å². The molecule has 0 atom stereocenters. The van der Waals surface area contributed by atoms with Crippen molar-refractivity contribution >= 4 is 11.9 Å². The van der Waals surface area contributed by atoms with E-state index in [-0.39, 0.29) is 12.5 Å². The highest BCUT2D eigenvalue weighted by Crippen LogP contribution is 2.04. The van der Waals surface area contributed by atoms with Crippen LogP contribution in [0.2, 0.25) is 0 Å². The molecule has 0 aromatic rings. The van der Waals surface area contributed by atoms with Gasteiger partial charge in [0.1, 0.15) is 0 Å². The maximum absolute atomic E-state index is 11.4. The summed E-state index contributed by atoms with van der Waals surface area (Å²) in [5.74, 6) is -0.394. The minimum Gasteiger partial charge on any atom is -0.370 e. The maximum atomic E-state index is 11.4. The van der Waals surface area contributed by atoms with Crippen molar-refractivity contribution in [1.82, 2.24) is 9.80 Å². The maximum Gasteiger partial charge on any atom is 0.324 e. The predicted molar refractivity (Wildman–Crippen MR) is 47.7 cm³/mol. The molecule has 0 fully saturated rings. The molecule has 0 aliphatic carbocycles. The molecule has 5 nitrogen and oxygen atoms in total. The number of likely N-dealkylation sites (N-methyl/N-ethyl adjacent to an activating group) is 1. The molecule has 1 aliphatic heterocycles. The Kier molecular flexibility index (Phi) is 2.89. The molecule has 0 unspecified atom stereocenters. The van der Waals surface area contributed by atoms with Crippen molar-refractivity contribution in [3.63, 3.8) is 0 Å². The van der Waals surface area contributed by atoms with E-state index in [0.29, 0.717) is 13.1 Å². The van der Waals surface area contributed by atoms with Gasteiger partial charge in [0, 0.05) is 32.8 Å². The lowest BCUT2D eigenvalue weighted by molar-refractivity contribution is -0.118. The first-order chi connectivity index (χ1) is 6.11. The third kappa shape index (κ3) is 2.47. The first-order valence-corrected chi connectivity index (χ1v) is 4.08. The van der Waals surface area contributed by atoms with Gasteiger partial charge in [-0.05, 0) is 6.08 Å². The molecule has 13 heavy (non-hydrogen) atoms. The smallest absolute Gasteiger partial charge is 0.324 e. The van der Waals surface area contributed by atoms with Crippen LogP contribution in [0.25, 0.3) is 0 Å². The number of amides is 3. The molecule has 2 N–H and O–H groups in total. The summed E-state index contributed by atoms with van der Waals surface area (Å²) in [6, 6.07) is -0.0937. The van der Waals surface area contributed by atoms with Crippen molar-refractivity contribution in [2.75, 3.05) is 20.1 Å². The number of nitrogens with zero attached hydrogens (tertiary/aromatic N) is 2. The molecule has 0 aromatic carbocycles. The SMILES string of the molecule is CN1CC=CN(CCC(N)=O)C1=O. The molecule has 0 saturated heterocycles. The predicted octanol–water partition coefficient (Wildman–Crippen LogP) is -0.257. The first-order valence-electron chi connectivity index (χ1n) is 4.08. The van der Waals surface area contributed by atoms with Crippen molar-refractivity contribution in [3.05, 3.63) is 12.3 Å². The van der Waals surface area contributed by atoms with Gasteiger partial charge in [0.2, 0.25) is 5.91 Å². The van der Waals surface area contributed by atoms with Gasteiger partial charge < -0.3 is 15.5 Å². The van der Waals surface area contributed by atoms with Crippen molar-refractivity contribution < 1.29 is 9.59 Å². The molecule has 1 heterocycles. The van der Waals surface area contributed by atoms with Gasteiger partial charge in [0.15, 0.2) is 0 Å². The number of hydrogen-bond acceptors (Lipinski definition) is 2. The lowest BCUT2D eigenvalue weighted by Gasteiger charge is -2.28. The summed E-state index contributed by atoms with van der Waals surface area (Å²) in [6.45, 7) is 0.973. The Hall–Kier alpha value is -1.52. The fourth-order valence-corrected chi connectivity index (χ4v) is 1.09. The second kappa shape index (κ2) is 3.93. The van der Waals surface area contributed by atoms with Crippen LogP contribution in [-0.2, 0) is 4.79 Å². The molecule has 72 valence electrons. The number of carbonyl (C=O) groups is 2. The fourth-order valence-electron chi connectivity index (χ4n) is 1.09. The second-order valence-corrected chi connectivity index (χ2v) is 2.96. The van der Waals surface area contributed by atoms with E-state index in [9.17, 15) is 9.59 Å². The van der Waals surface area contributed by atoms with Gasteiger partial charge in [-0.2, -0.15) is 0 Å². The number of hydrogen-bond donors (Lipinski definition) is 1. The number of carbonyl (C=O) groups excluding carboxylic acids is 2. The highest BCUT2D eigenvalue weighted by Gasteiger charge is 2.18. The standard InChI is InChI=1S/C8H13N3O2/c1-10-4-2-5-11(8(10)13)6-3-7(9)12/h2,5H,3-4,6H2,1H3,(H2,9,12). The average molecular weight is 183 g/mol. The van der Waals surface area contributed by atoms with E-state index < -0.39 is 5.91 Å². The van der Waals surface area contributed by atoms with Crippen LogP contribution in [0.5, 0.6) is 0 Å². The Balaban J connectivity index is 2.49. The highest BCUT2D eigenvalue weighted by molar-refractivity contribution is 5.78. The molecule has 0 radical (unpaired) electrons. The van der Waals surface area contributed by atoms with Gasteiger partial charge in [-0.25, -0.2) is 4.79 Å². The van der Waals surface area contributed by atoms with Gasteiger partial charge in [-0.3, -0.25) is 4.79 Å². The Bertz CT molecular complexity index is 250. The van der Waals surface area contributed by atoms with E-state index in [1.54, 1.807) is 18.1 Å². The Morgan fingerprint density at radius 2 is 2.38 bits per heavy atom. The summed E-state index contributed by atoms with van der Waals surface area (Å²) in [5.41, 5.74) is 4.98. The quantitative estimate of drug-likeness (QED) is 0.655. The van der Waals surface area contributed by atoms with E-state index in [1.165, 1.54) is 4.90 Å². The van der Waals surface area contributed by atoms with Crippen LogP contribution in [0.1, 0.15) is 6.42 Å². The Labute approximate surface area is 76.8 Å². The third-order valence-corrected chi connectivity index (χ3v) is 1.84. The molecule has 0 saturated carbocycles. The zero-order valence-electron chi connectivity index (χ0n) is 7.56. The number of primary amides is 1. The van der Waals surface area contributed by atoms with Crippen molar-refractivity contribution in [2.45, 2.75) is 6.42 Å². The van der Waals surface area contributed by atoms with Crippen LogP contribution in [0.4, 0.5) is 4.79 Å². The average Bonchev–Trinajstić information content (AvgIpc) is 2.07. The lowest BCUT2D eigenvalue weighted by atomic mass is 10.3. The summed E-state index contributed by atoms with van der Waals surface area (Å²) in [7, 11) is 1.71. The second-order valence-electron chi connectivity index (χ2n) is 2.96. The summed E-state index contributed by atoms with van der Waals surface area (Å²) in [6.07, 6.45) is 3.75. The molecule has 1 rings (SSSR count). The zero-order chi connectivity index (χ0) is 9.84. The van der Waals surface area contributed by atoms with E-state index in [1.807, 2.05) is 6.08 Å². The molecule has 0 bridgehead atoms. The summed E-state index contributed by atoms with van der Waals surface area (Å²) < 4.78 is 0. The summed E-state index contributed by atoms with van der Waals surface area (Å²) >= 11 is 0. The number of nitrogens with two attached hydrogens (primary N) is 1. The minimum absolute atomic E-state index is 0.0937. The van der Waals surface area contributed by atoms with Gasteiger partial charge in [-0.1, -0.05) is 0 Å². The van der Waals surface area contributed by atoms with Gasteiger partial charge >= 0.3 is 6.03 Å². The Morgan fingerprint density at radius 1 is 1.69 bits per heavy atom. The van der Waals surface area contributed by atoms with Gasteiger partial charge in [-0.15, -0.1) is 0 Å². The molecule has 3 amide bonds. The fraction of sp³-hybridized carbons (Fsp3) is 0.500. The molecular formula is C8H13N3O2. The number of rotatable bonds is 3. The van der Waals surface area contributed by atoms with Crippen LogP contribution in [0, 0.1) is 0 Å². The molecular weight excluding hydrogens is 170 g/mol. The van der Waals surface area contributed by atoms with Crippen LogP contribution < -0.4 is 5.73 Å². The van der Waals surface area contributed by atoms with Crippen LogP contribution in [0.3, 0.4) is 0 Å². The van der Waals surface area contributed by atoms with E-state index >= 15 is 0 Å². The monoisotopic (exact) mass is 183 g/mol. The van der Waals surface area contributed by atoms with Crippen molar-refractivity contribution in [1.29, 1.82) is 0 Å². The molecule has 1 aliphatic rings. The van der Waals surface area contributed by atoms with Gasteiger partial charge in [0.05, 0.1) is 0 Å². The first kappa shape index (κ1) is 9.57. The molecule has 5 heteroatoms. The normalized spacial score (nSPS) is 16.5. The van der Waals surface area contributed by atoms with Crippen molar-refractivity contribution in [3.8, 4) is 0 Å². The number of urea groups is 1. The molecule has 0 aromatic heterocycles. The van der Waals surface area contributed by atoms with E-state index in [2.05, 4.69) is 0 Å². The van der Waals surface area contributed by atoms with E-state index in [0.717, 1.165) is 0 Å². The minimum atomic E-state index is -0.394. The van der Waals surface area contributed by atoms with Crippen LogP contribution in [-0.4, -0.2) is 41.9 Å². The third-order valence-electron chi connectivity index (χ3n) is 1.84. The molecule has 0 spiro atoms. The summed E-state index contributed by atoms with van der Waals surface area (Å²) in [5, 5.41) is 0. The Morgan fingerprint density at radius 3 is 3.00 bits per heavy atom. The summed E-state index contributed by atoms with van der Waals surface area (Å²) in [4.78, 5) is 24.9. The van der Waals surface area contributed by atoms with Crippen LogP contribution >= 0.6 is 0 Å². The largest absolute Gasteiger partial charge is 0.370 e. The van der Waals surface area contributed by atoms with Crippen LogP contribution in [0.15, 0.2) is 12.3 Å². The highest BCUT2D eigenvalue weighted by atomic mass is 16.2. The van der Waals surface area contributed by atoms with Crippen molar-refractivity contribution in [2.24, 2.45) is 5.73 Å². The van der Waals surface area contributed by atoms with Gasteiger partial charge in [0.25, 0.3) is 0 Å². The lowest BCUT2D eigenvalue weighted by Crippen LogP contribution is -2.42. The topological polar surface area (TPSA) is 66.6 Å². The zero-order valence-corrected chi connectivity index (χ0v) is 7.56.